The number of nitrogens with zero attached hydrogens (tertiary/aromatic N) is 3. The Hall–Kier alpha value is -2.58. The van der Waals surface area contributed by atoms with Gasteiger partial charge in [-0.05, 0) is 0 Å². The molecule has 0 N–H and O–H groups in total. The molecule has 2 aromatic heterocycles. The number of hydrogen-bond donors (Lipinski definition) is 0. The molecule has 4 heteroatoms. The van der Waals surface area contributed by atoms with Crippen LogP contribution in [0.4, 0.5) is 0 Å². The van der Waals surface area contributed by atoms with E-state index in [1.807, 2.05) is 6.92 Å². The molecule has 3 nitrogen and oxygen atoms in total. The number of para-hydroxylation sites is 2. The molecular weight excluding hydrogens is 539 g/mol. The van der Waals surface area contributed by atoms with Crippen LogP contribution in [0.3, 0.4) is 0 Å². The number of aryl methyl sites for hydroxylation is 2. The van der Waals surface area contributed by atoms with Crippen molar-refractivity contribution < 1.29 is 0 Å². The third kappa shape index (κ3) is 2.75. The fraction of sp³-hybridized carbons (Fsp3) is 0.0833. The first-order valence-electron chi connectivity index (χ1n) is 9.26. The van der Waals surface area contributed by atoms with E-state index in [4.69, 9.17) is 9.97 Å². The molecule has 0 aliphatic carbocycles. The summed E-state index contributed by atoms with van der Waals surface area (Å²) in [7, 11) is 0. The Balaban J connectivity index is 2.01. The van der Waals surface area contributed by atoms with Crippen molar-refractivity contribution >= 4 is 49.9 Å². The normalized spacial score (nSPS) is 11.4. The van der Waals surface area contributed by atoms with Gasteiger partial charge in [0, 0.05) is 0 Å². The Labute approximate surface area is 178 Å². The first-order valence-corrected chi connectivity index (χ1v) is 11.0. The third-order valence-electron chi connectivity index (χ3n) is 5.12. The van der Waals surface area contributed by atoms with Crippen LogP contribution in [0, 0.1) is 13.8 Å². The zero-order valence-electron chi connectivity index (χ0n) is 15.7. The molecule has 134 valence electrons. The third-order valence-corrected chi connectivity index (χ3v) is 6.01. The summed E-state index contributed by atoms with van der Waals surface area (Å²) in [5.74, 6) is 0.820. The second-order valence-corrected chi connectivity index (χ2v) is 8.81. The minimum absolute atomic E-state index is 0.820. The second-order valence-electron chi connectivity index (χ2n) is 7.03. The predicted molar refractivity (Wildman–Crippen MR) is 117 cm³/mol. The Bertz CT molecular complexity index is 1320. The standard InChI is InChI=1S/C24H18N3.Bi/c1-16-12-13-20-19-10-6-7-11-21(19)27(18-8-4-3-5-9-18)23(20)22(16)24-25-15-14-17(2)26-24;/h3-14H,1-2H3;. The minimum atomic E-state index is 0.820. The van der Waals surface area contributed by atoms with Crippen molar-refractivity contribution in [3.05, 3.63) is 84.1 Å². The molecule has 0 fully saturated rings. The van der Waals surface area contributed by atoms with Gasteiger partial charge in [0.15, 0.2) is 0 Å². The quantitative estimate of drug-likeness (QED) is 0.296. The van der Waals surface area contributed by atoms with Gasteiger partial charge in [0.2, 0.25) is 0 Å². The van der Waals surface area contributed by atoms with Crippen molar-refractivity contribution in [1.29, 1.82) is 0 Å². The van der Waals surface area contributed by atoms with E-state index in [1.165, 1.54) is 27.4 Å². The van der Waals surface area contributed by atoms with Gasteiger partial charge in [0.05, 0.1) is 0 Å². The van der Waals surface area contributed by atoms with Gasteiger partial charge in [0.1, 0.15) is 0 Å². The van der Waals surface area contributed by atoms with Crippen molar-refractivity contribution in [1.82, 2.24) is 14.5 Å². The van der Waals surface area contributed by atoms with Crippen LogP contribution in [0.25, 0.3) is 38.9 Å². The van der Waals surface area contributed by atoms with Gasteiger partial charge < -0.3 is 0 Å². The van der Waals surface area contributed by atoms with E-state index in [0.717, 1.165) is 50.9 Å². The van der Waals surface area contributed by atoms with Gasteiger partial charge in [-0.1, -0.05) is 0 Å². The van der Waals surface area contributed by atoms with Gasteiger partial charge in [-0.3, -0.25) is 0 Å². The van der Waals surface area contributed by atoms with Crippen LogP contribution in [0.15, 0.2) is 72.8 Å². The summed E-state index contributed by atoms with van der Waals surface area (Å²) in [4.78, 5) is 9.66. The van der Waals surface area contributed by atoms with Gasteiger partial charge in [0.25, 0.3) is 0 Å². The molecule has 0 atom stereocenters. The van der Waals surface area contributed by atoms with Crippen molar-refractivity contribution in [2.45, 2.75) is 13.8 Å². The van der Waals surface area contributed by atoms with E-state index in [9.17, 15) is 0 Å². The topological polar surface area (TPSA) is 30.7 Å². The molecule has 2 radical (unpaired) electrons. The molecule has 0 saturated heterocycles. The number of rotatable bonds is 2. The van der Waals surface area contributed by atoms with Crippen LogP contribution < -0.4 is 3.40 Å². The second kappa shape index (κ2) is 6.79. The Morgan fingerprint density at radius 2 is 1.54 bits per heavy atom. The fourth-order valence-corrected chi connectivity index (χ4v) is 5.04. The number of fused-ring (bicyclic) bond motifs is 3. The molecule has 3 aromatic carbocycles. The molecular formula is C24H18BiN3. The summed E-state index contributed by atoms with van der Waals surface area (Å²) in [6.45, 7) is 4.20. The molecule has 0 saturated carbocycles. The van der Waals surface area contributed by atoms with Crippen LogP contribution >= 0.6 is 0 Å². The predicted octanol–water partition coefficient (Wildman–Crippen LogP) is 4.65. The van der Waals surface area contributed by atoms with Crippen molar-refractivity contribution in [3.8, 4) is 17.1 Å². The first-order chi connectivity index (χ1) is 13.6. The SMILES string of the molecule is Cc1c[c]([Bi])nc(-c2c(C)ccc3c4ccccc4n(-c4ccccc4)c23)n1. The fourth-order valence-electron chi connectivity index (χ4n) is 3.95. The molecule has 0 bridgehead atoms. The summed E-state index contributed by atoms with van der Waals surface area (Å²) in [5.41, 5.74) is 6.85. The molecule has 0 aliphatic rings. The molecule has 5 rings (SSSR count). The Kier molecular flexibility index (Phi) is 4.25. The summed E-state index contributed by atoms with van der Waals surface area (Å²) in [5, 5.41) is 2.48. The number of aromatic nitrogens is 3. The van der Waals surface area contributed by atoms with Crippen LogP contribution in [-0.4, -0.2) is 39.3 Å². The van der Waals surface area contributed by atoms with Gasteiger partial charge in [-0.15, -0.1) is 0 Å². The van der Waals surface area contributed by atoms with Crippen LogP contribution in [0.5, 0.6) is 0 Å². The average molecular weight is 557 g/mol. The summed E-state index contributed by atoms with van der Waals surface area (Å²) in [6.07, 6.45) is 0. The Morgan fingerprint density at radius 1 is 0.786 bits per heavy atom. The molecule has 2 heterocycles. The monoisotopic (exact) mass is 557 g/mol. The molecule has 0 spiro atoms. The number of benzene rings is 3. The van der Waals surface area contributed by atoms with E-state index >= 15 is 0 Å². The van der Waals surface area contributed by atoms with E-state index < -0.39 is 0 Å². The first kappa shape index (κ1) is 17.5. The van der Waals surface area contributed by atoms with Crippen molar-refractivity contribution in [2.75, 3.05) is 0 Å². The maximum atomic E-state index is 4.85. The van der Waals surface area contributed by atoms with Crippen LogP contribution in [0.2, 0.25) is 0 Å². The van der Waals surface area contributed by atoms with Crippen molar-refractivity contribution in [2.24, 2.45) is 0 Å². The van der Waals surface area contributed by atoms with Gasteiger partial charge in [-0.2, -0.15) is 0 Å². The molecule has 0 aliphatic heterocycles. The molecule has 0 unspecified atom stereocenters. The summed E-state index contributed by atoms with van der Waals surface area (Å²) < 4.78 is 3.45. The van der Waals surface area contributed by atoms with E-state index in [2.05, 4.69) is 84.3 Å². The molecule has 0 amide bonds. The van der Waals surface area contributed by atoms with Crippen molar-refractivity contribution in [3.63, 3.8) is 0 Å². The van der Waals surface area contributed by atoms with E-state index in [0.29, 0.717) is 0 Å². The van der Waals surface area contributed by atoms with Gasteiger partial charge in [-0.25, -0.2) is 0 Å². The maximum absolute atomic E-state index is 4.85. The van der Waals surface area contributed by atoms with E-state index in [1.54, 1.807) is 0 Å². The summed E-state index contributed by atoms with van der Waals surface area (Å²) >= 11 is 1.13. The molecule has 5 aromatic rings. The van der Waals surface area contributed by atoms with Gasteiger partial charge >= 0.3 is 179 Å². The van der Waals surface area contributed by atoms with Crippen LogP contribution in [-0.2, 0) is 0 Å². The van der Waals surface area contributed by atoms with E-state index in [-0.39, 0.29) is 0 Å². The summed E-state index contributed by atoms with van der Waals surface area (Å²) in [6, 6.07) is 25.6. The zero-order valence-corrected chi connectivity index (χ0v) is 19.2. The molecule has 28 heavy (non-hydrogen) atoms. The van der Waals surface area contributed by atoms with Crippen LogP contribution in [0.1, 0.15) is 11.3 Å². The average Bonchev–Trinajstić information content (AvgIpc) is 3.02. The zero-order chi connectivity index (χ0) is 19.3. The number of hydrogen-bond acceptors (Lipinski definition) is 2. The Morgan fingerprint density at radius 3 is 2.32 bits per heavy atom.